The quantitative estimate of drug-likeness (QED) is 0.450. The van der Waals surface area contributed by atoms with Crippen molar-refractivity contribution >= 4 is 5.97 Å². The summed E-state index contributed by atoms with van der Waals surface area (Å²) in [7, 11) is 0. The van der Waals surface area contributed by atoms with Gasteiger partial charge < -0.3 is 9.47 Å². The van der Waals surface area contributed by atoms with Crippen molar-refractivity contribution in [2.45, 2.75) is 84.2 Å². The van der Waals surface area contributed by atoms with Crippen LogP contribution in [-0.4, -0.2) is 12.1 Å². The molecule has 150 valence electrons. The molecule has 0 bridgehead atoms. The summed E-state index contributed by atoms with van der Waals surface area (Å²) < 4.78 is 39.1. The molecule has 0 aromatic heterocycles. The topological polar surface area (TPSA) is 35.5 Å². The first-order chi connectivity index (χ1) is 13.0. The third-order valence-electron chi connectivity index (χ3n) is 5.99. The Kier molecular flexibility index (Phi) is 6.72. The minimum absolute atomic E-state index is 0.0464. The average molecular weight is 380 g/mol. The Balaban J connectivity index is 1.53. The third-order valence-corrected chi connectivity index (χ3v) is 5.99. The van der Waals surface area contributed by atoms with E-state index in [-0.39, 0.29) is 24.0 Å². The maximum atomic E-state index is 14.3. The molecule has 5 heteroatoms. The van der Waals surface area contributed by atoms with Gasteiger partial charge in [0.2, 0.25) is 11.6 Å². The van der Waals surface area contributed by atoms with E-state index in [4.69, 9.17) is 9.47 Å². The molecule has 0 saturated heterocycles. The van der Waals surface area contributed by atoms with Crippen LogP contribution in [0.15, 0.2) is 6.07 Å². The van der Waals surface area contributed by atoms with Gasteiger partial charge in [0.15, 0.2) is 11.5 Å². The van der Waals surface area contributed by atoms with Gasteiger partial charge in [-0.1, -0.05) is 45.4 Å². The van der Waals surface area contributed by atoms with E-state index in [9.17, 15) is 13.6 Å². The molecular formula is C22H30F2O3. The van der Waals surface area contributed by atoms with Crippen molar-refractivity contribution in [1.82, 2.24) is 0 Å². The minimum atomic E-state index is -1.14. The van der Waals surface area contributed by atoms with Crippen LogP contribution in [0.1, 0.15) is 77.2 Å². The fourth-order valence-electron chi connectivity index (χ4n) is 4.35. The normalized spacial score (nSPS) is 24.8. The number of ether oxygens (including phenoxy) is 2. The van der Waals surface area contributed by atoms with E-state index in [2.05, 4.69) is 6.92 Å². The Bertz CT molecular complexity index is 666. The summed E-state index contributed by atoms with van der Waals surface area (Å²) >= 11 is 0. The summed E-state index contributed by atoms with van der Waals surface area (Å²) in [6.07, 6.45) is 9.45. The zero-order valence-electron chi connectivity index (χ0n) is 16.4. The molecular weight excluding hydrogens is 350 g/mol. The summed E-state index contributed by atoms with van der Waals surface area (Å²) in [5, 5.41) is 0. The fourth-order valence-corrected chi connectivity index (χ4v) is 4.35. The average Bonchev–Trinajstić information content (AvgIpc) is 2.66. The Morgan fingerprint density at radius 3 is 2.44 bits per heavy atom. The Labute approximate surface area is 160 Å². The third kappa shape index (κ3) is 4.99. The van der Waals surface area contributed by atoms with E-state index in [0.717, 1.165) is 31.6 Å². The highest BCUT2D eigenvalue weighted by molar-refractivity contribution is 5.72. The number of carbonyl (C=O) groups is 1. The molecule has 0 spiro atoms. The van der Waals surface area contributed by atoms with Crippen molar-refractivity contribution in [2.24, 2.45) is 11.8 Å². The van der Waals surface area contributed by atoms with Crippen molar-refractivity contribution < 1.29 is 23.0 Å². The van der Waals surface area contributed by atoms with Crippen molar-refractivity contribution in [3.8, 4) is 11.5 Å². The molecule has 1 unspecified atom stereocenters. The number of benzene rings is 1. The molecule has 3 rings (SSSR count). The van der Waals surface area contributed by atoms with Gasteiger partial charge in [0.1, 0.15) is 0 Å². The highest BCUT2D eigenvalue weighted by Crippen LogP contribution is 2.37. The van der Waals surface area contributed by atoms with Crippen LogP contribution in [0.3, 0.4) is 0 Å². The van der Waals surface area contributed by atoms with Gasteiger partial charge in [-0.15, -0.1) is 0 Å². The van der Waals surface area contributed by atoms with Crippen LogP contribution in [-0.2, 0) is 11.2 Å². The SMILES string of the molecule is CCCC1CCC(CCC(=O)Oc2cc3c(c(F)c2F)OC(C)CC3)CC1. The van der Waals surface area contributed by atoms with Gasteiger partial charge in [-0.3, -0.25) is 4.79 Å². The van der Waals surface area contributed by atoms with Gasteiger partial charge in [0.05, 0.1) is 6.10 Å². The number of fused-ring (bicyclic) bond motifs is 1. The summed E-state index contributed by atoms with van der Waals surface area (Å²) in [4.78, 5) is 12.2. The molecule has 1 aromatic carbocycles. The lowest BCUT2D eigenvalue weighted by atomic mass is 9.78. The molecule has 1 saturated carbocycles. The largest absolute Gasteiger partial charge is 0.487 e. The summed E-state index contributed by atoms with van der Waals surface area (Å²) in [5.74, 6) is -1.70. The number of carbonyl (C=O) groups excluding carboxylic acids is 1. The van der Waals surface area contributed by atoms with E-state index < -0.39 is 17.6 Å². The van der Waals surface area contributed by atoms with Crippen molar-refractivity contribution in [2.75, 3.05) is 0 Å². The lowest BCUT2D eigenvalue weighted by Gasteiger charge is -2.28. The first kappa shape index (κ1) is 20.1. The molecule has 27 heavy (non-hydrogen) atoms. The fraction of sp³-hybridized carbons (Fsp3) is 0.682. The van der Waals surface area contributed by atoms with Gasteiger partial charge in [-0.2, -0.15) is 8.78 Å². The first-order valence-corrected chi connectivity index (χ1v) is 10.4. The Morgan fingerprint density at radius 1 is 1.11 bits per heavy atom. The second-order valence-electron chi connectivity index (χ2n) is 8.15. The predicted molar refractivity (Wildman–Crippen MR) is 100.0 cm³/mol. The maximum absolute atomic E-state index is 14.3. The molecule has 1 heterocycles. The molecule has 0 radical (unpaired) electrons. The number of hydrogen-bond donors (Lipinski definition) is 0. The van der Waals surface area contributed by atoms with Gasteiger partial charge >= 0.3 is 5.97 Å². The summed E-state index contributed by atoms with van der Waals surface area (Å²) in [6, 6.07) is 1.41. The molecule has 1 atom stereocenters. The number of halogens is 2. The molecule has 2 aliphatic rings. The lowest BCUT2D eigenvalue weighted by Crippen LogP contribution is -2.21. The van der Waals surface area contributed by atoms with Crippen LogP contribution >= 0.6 is 0 Å². The van der Waals surface area contributed by atoms with Gasteiger partial charge in [0.25, 0.3) is 0 Å². The van der Waals surface area contributed by atoms with Gasteiger partial charge in [0, 0.05) is 12.0 Å². The van der Waals surface area contributed by atoms with Crippen LogP contribution < -0.4 is 9.47 Å². The van der Waals surface area contributed by atoms with Crippen LogP contribution in [0.2, 0.25) is 0 Å². The molecule has 0 N–H and O–H groups in total. The zero-order chi connectivity index (χ0) is 19.4. The molecule has 3 nitrogen and oxygen atoms in total. The molecule has 1 aliphatic carbocycles. The van der Waals surface area contributed by atoms with E-state index in [1.54, 1.807) is 0 Å². The second kappa shape index (κ2) is 9.03. The number of hydrogen-bond acceptors (Lipinski definition) is 3. The Morgan fingerprint density at radius 2 is 1.78 bits per heavy atom. The van der Waals surface area contributed by atoms with Crippen molar-refractivity contribution in [3.05, 3.63) is 23.3 Å². The minimum Gasteiger partial charge on any atom is -0.487 e. The number of esters is 1. The van der Waals surface area contributed by atoms with Gasteiger partial charge in [-0.05, 0) is 44.1 Å². The smallest absolute Gasteiger partial charge is 0.311 e. The van der Waals surface area contributed by atoms with Crippen molar-refractivity contribution in [3.63, 3.8) is 0 Å². The summed E-state index contributed by atoms with van der Waals surface area (Å²) in [5.41, 5.74) is 0.559. The zero-order valence-corrected chi connectivity index (χ0v) is 16.4. The first-order valence-electron chi connectivity index (χ1n) is 10.4. The lowest BCUT2D eigenvalue weighted by molar-refractivity contribution is -0.135. The highest BCUT2D eigenvalue weighted by atomic mass is 19.2. The van der Waals surface area contributed by atoms with Crippen LogP contribution in [0.5, 0.6) is 11.5 Å². The van der Waals surface area contributed by atoms with E-state index >= 15 is 0 Å². The molecule has 1 fully saturated rings. The van der Waals surface area contributed by atoms with Crippen LogP contribution in [0, 0.1) is 23.5 Å². The standard InChI is InChI=1S/C22H30F2O3/c1-3-4-15-6-8-16(9-7-15)10-12-19(25)27-18-13-17-11-5-14(2)26-22(17)21(24)20(18)23/h13-16H,3-12H2,1-2H3. The predicted octanol–water partition coefficient (Wildman–Crippen LogP) is 5.97. The van der Waals surface area contributed by atoms with E-state index in [0.29, 0.717) is 17.9 Å². The molecule has 0 amide bonds. The second-order valence-corrected chi connectivity index (χ2v) is 8.15. The molecule has 1 aliphatic heterocycles. The monoisotopic (exact) mass is 380 g/mol. The number of rotatable bonds is 6. The highest BCUT2D eigenvalue weighted by Gasteiger charge is 2.27. The van der Waals surface area contributed by atoms with E-state index in [1.807, 2.05) is 6.92 Å². The van der Waals surface area contributed by atoms with E-state index in [1.165, 1.54) is 31.7 Å². The molecule has 1 aromatic rings. The van der Waals surface area contributed by atoms with Crippen LogP contribution in [0.4, 0.5) is 8.78 Å². The van der Waals surface area contributed by atoms with Crippen molar-refractivity contribution in [1.29, 1.82) is 0 Å². The maximum Gasteiger partial charge on any atom is 0.311 e. The summed E-state index contributed by atoms with van der Waals surface area (Å²) in [6.45, 7) is 4.04. The Hall–Kier alpha value is -1.65. The van der Waals surface area contributed by atoms with Crippen LogP contribution in [0.25, 0.3) is 0 Å². The van der Waals surface area contributed by atoms with Gasteiger partial charge in [-0.25, -0.2) is 0 Å². The number of aryl methyl sites for hydroxylation is 1.